The van der Waals surface area contributed by atoms with E-state index < -0.39 is 0 Å². The lowest BCUT2D eigenvalue weighted by Crippen LogP contribution is -2.28. The van der Waals surface area contributed by atoms with E-state index in [4.69, 9.17) is 9.47 Å². The van der Waals surface area contributed by atoms with Gasteiger partial charge in [0.15, 0.2) is 5.65 Å². The van der Waals surface area contributed by atoms with Crippen LogP contribution in [0.15, 0.2) is 65.8 Å². The molecule has 0 atom stereocenters. The number of carbonyl (C=O) groups is 1. The van der Waals surface area contributed by atoms with Crippen LogP contribution in [-0.4, -0.2) is 46.0 Å². The first kappa shape index (κ1) is 21.1. The molecule has 2 aromatic heterocycles. The van der Waals surface area contributed by atoms with Gasteiger partial charge in [-0.05, 0) is 17.7 Å². The van der Waals surface area contributed by atoms with Gasteiger partial charge in [0.25, 0.3) is 11.5 Å². The fourth-order valence-corrected chi connectivity index (χ4v) is 3.37. The van der Waals surface area contributed by atoms with Crippen LogP contribution in [-0.2, 0) is 13.1 Å². The van der Waals surface area contributed by atoms with E-state index in [0.29, 0.717) is 47.7 Å². The van der Waals surface area contributed by atoms with Gasteiger partial charge in [-0.1, -0.05) is 30.3 Å². The molecular formula is C23H23N5O4. The van der Waals surface area contributed by atoms with Crippen molar-refractivity contribution in [2.24, 2.45) is 0 Å². The van der Waals surface area contributed by atoms with Gasteiger partial charge >= 0.3 is 0 Å². The van der Waals surface area contributed by atoms with E-state index in [2.05, 4.69) is 15.4 Å². The van der Waals surface area contributed by atoms with E-state index in [1.807, 2.05) is 30.3 Å². The second-order valence-electron chi connectivity index (χ2n) is 7.13. The van der Waals surface area contributed by atoms with Crippen LogP contribution in [0.3, 0.4) is 0 Å². The number of rotatable bonds is 8. The minimum atomic E-state index is -0.267. The number of benzene rings is 2. The predicted molar refractivity (Wildman–Crippen MR) is 119 cm³/mol. The summed E-state index contributed by atoms with van der Waals surface area (Å²) in [5.41, 5.74) is 1.77. The average molecular weight is 433 g/mol. The summed E-state index contributed by atoms with van der Waals surface area (Å²) in [7, 11) is 3.06. The quantitative estimate of drug-likeness (QED) is 0.457. The summed E-state index contributed by atoms with van der Waals surface area (Å²) in [6, 6.07) is 14.7. The molecule has 0 saturated heterocycles. The highest BCUT2D eigenvalue weighted by Crippen LogP contribution is 2.22. The number of hydrogen-bond donors (Lipinski definition) is 1. The summed E-state index contributed by atoms with van der Waals surface area (Å²) < 4.78 is 13.6. The third-order valence-corrected chi connectivity index (χ3v) is 5.04. The molecular weight excluding hydrogens is 410 g/mol. The topological polar surface area (TPSA) is 100 Å². The molecule has 2 heterocycles. The Morgan fingerprint density at radius 3 is 2.47 bits per heavy atom. The van der Waals surface area contributed by atoms with Gasteiger partial charge in [-0.25, -0.2) is 9.67 Å². The molecule has 2 aromatic carbocycles. The first-order valence-electron chi connectivity index (χ1n) is 10.0. The van der Waals surface area contributed by atoms with Gasteiger partial charge in [0.2, 0.25) is 0 Å². The van der Waals surface area contributed by atoms with Crippen molar-refractivity contribution in [2.75, 3.05) is 20.8 Å². The molecule has 4 aromatic rings. The van der Waals surface area contributed by atoms with Crippen molar-refractivity contribution in [1.82, 2.24) is 24.6 Å². The Morgan fingerprint density at radius 2 is 1.78 bits per heavy atom. The minimum absolute atomic E-state index is 0.155. The van der Waals surface area contributed by atoms with Crippen LogP contribution in [0.2, 0.25) is 0 Å². The van der Waals surface area contributed by atoms with Crippen molar-refractivity contribution in [1.29, 1.82) is 0 Å². The molecule has 4 rings (SSSR count). The Morgan fingerprint density at radius 1 is 1.06 bits per heavy atom. The zero-order valence-corrected chi connectivity index (χ0v) is 17.8. The van der Waals surface area contributed by atoms with Gasteiger partial charge in [-0.2, -0.15) is 5.10 Å². The van der Waals surface area contributed by atoms with Crippen molar-refractivity contribution >= 4 is 16.9 Å². The van der Waals surface area contributed by atoms with Gasteiger partial charge in [0.05, 0.1) is 33.5 Å². The largest absolute Gasteiger partial charge is 0.497 e. The Hall–Kier alpha value is -4.14. The second-order valence-corrected chi connectivity index (χ2v) is 7.13. The first-order chi connectivity index (χ1) is 15.6. The summed E-state index contributed by atoms with van der Waals surface area (Å²) >= 11 is 0. The summed E-state index contributed by atoms with van der Waals surface area (Å²) in [5, 5.41) is 7.56. The Labute approximate surface area is 184 Å². The first-order valence-corrected chi connectivity index (χ1v) is 10.0. The van der Waals surface area contributed by atoms with Gasteiger partial charge in [0, 0.05) is 18.2 Å². The van der Waals surface area contributed by atoms with Crippen LogP contribution in [0.5, 0.6) is 11.5 Å². The summed E-state index contributed by atoms with van der Waals surface area (Å²) in [6.07, 6.45) is 3.04. The van der Waals surface area contributed by atoms with Gasteiger partial charge in [-0.15, -0.1) is 0 Å². The molecule has 164 valence electrons. The third kappa shape index (κ3) is 4.46. The van der Waals surface area contributed by atoms with Gasteiger partial charge in [-0.3, -0.25) is 14.2 Å². The molecule has 9 heteroatoms. The van der Waals surface area contributed by atoms with Crippen molar-refractivity contribution in [3.63, 3.8) is 0 Å². The fourth-order valence-electron chi connectivity index (χ4n) is 3.37. The van der Waals surface area contributed by atoms with Crippen molar-refractivity contribution < 1.29 is 14.3 Å². The van der Waals surface area contributed by atoms with E-state index in [1.165, 1.54) is 26.7 Å². The molecule has 1 N–H and O–H groups in total. The number of amides is 1. The number of hydrogen-bond acceptors (Lipinski definition) is 6. The van der Waals surface area contributed by atoms with E-state index in [-0.39, 0.29) is 11.5 Å². The molecule has 9 nitrogen and oxygen atoms in total. The smallest absolute Gasteiger partial charge is 0.264 e. The second kappa shape index (κ2) is 9.34. The Kier molecular flexibility index (Phi) is 6.16. The third-order valence-electron chi connectivity index (χ3n) is 5.04. The van der Waals surface area contributed by atoms with Crippen molar-refractivity contribution in [3.8, 4) is 11.5 Å². The SMILES string of the molecule is COc1cc(OC)cc(C(=O)NCCn2ncc3c(=O)n(Cc4ccccc4)cnc32)c1. The summed E-state index contributed by atoms with van der Waals surface area (Å²) in [6.45, 7) is 1.11. The fraction of sp³-hybridized carbons (Fsp3) is 0.217. The minimum Gasteiger partial charge on any atom is -0.497 e. The molecule has 32 heavy (non-hydrogen) atoms. The zero-order chi connectivity index (χ0) is 22.5. The molecule has 0 saturated carbocycles. The maximum Gasteiger partial charge on any atom is 0.264 e. The standard InChI is InChI=1S/C23H23N5O4/c1-31-18-10-17(11-19(12-18)32-2)22(29)24-8-9-28-21-20(13-26-28)23(30)27(15-25-21)14-16-6-4-3-5-7-16/h3-7,10-13,15H,8-9,14H2,1-2H3,(H,24,29). The normalized spacial score (nSPS) is 10.8. The lowest BCUT2D eigenvalue weighted by atomic mass is 10.2. The number of fused-ring (bicyclic) bond motifs is 1. The van der Waals surface area contributed by atoms with Crippen LogP contribution < -0.4 is 20.3 Å². The lowest BCUT2D eigenvalue weighted by Gasteiger charge is -2.10. The molecule has 0 aliphatic carbocycles. The maximum atomic E-state index is 12.8. The van der Waals surface area contributed by atoms with Crippen molar-refractivity contribution in [3.05, 3.63) is 82.5 Å². The highest BCUT2D eigenvalue weighted by Gasteiger charge is 2.12. The number of methoxy groups -OCH3 is 2. The van der Waals surface area contributed by atoms with Gasteiger partial charge in [0.1, 0.15) is 23.2 Å². The molecule has 1 amide bonds. The summed E-state index contributed by atoms with van der Waals surface area (Å²) in [4.78, 5) is 29.8. The van der Waals surface area contributed by atoms with E-state index in [0.717, 1.165) is 5.56 Å². The van der Waals surface area contributed by atoms with Crippen LogP contribution in [0, 0.1) is 0 Å². The number of aromatic nitrogens is 4. The monoisotopic (exact) mass is 433 g/mol. The zero-order valence-electron chi connectivity index (χ0n) is 17.8. The molecule has 0 spiro atoms. The van der Waals surface area contributed by atoms with Crippen LogP contribution >= 0.6 is 0 Å². The molecule has 0 fully saturated rings. The van der Waals surface area contributed by atoms with E-state index in [9.17, 15) is 9.59 Å². The molecule has 0 unspecified atom stereocenters. The average Bonchev–Trinajstić information content (AvgIpc) is 3.24. The van der Waals surface area contributed by atoms with Gasteiger partial charge < -0.3 is 14.8 Å². The van der Waals surface area contributed by atoms with Crippen LogP contribution in [0.4, 0.5) is 0 Å². The number of carbonyl (C=O) groups excluding carboxylic acids is 1. The molecule has 0 radical (unpaired) electrons. The van der Waals surface area contributed by atoms with E-state index in [1.54, 1.807) is 27.4 Å². The molecule has 0 bridgehead atoms. The predicted octanol–water partition coefficient (Wildman–Crippen LogP) is 2.09. The van der Waals surface area contributed by atoms with Crippen LogP contribution in [0.1, 0.15) is 15.9 Å². The molecule has 0 aliphatic rings. The highest BCUT2D eigenvalue weighted by atomic mass is 16.5. The Balaban J connectivity index is 1.44. The number of nitrogens with zero attached hydrogens (tertiary/aromatic N) is 4. The summed E-state index contributed by atoms with van der Waals surface area (Å²) in [5.74, 6) is 0.795. The van der Waals surface area contributed by atoms with E-state index >= 15 is 0 Å². The van der Waals surface area contributed by atoms with Crippen molar-refractivity contribution in [2.45, 2.75) is 13.1 Å². The maximum absolute atomic E-state index is 12.8. The molecule has 0 aliphatic heterocycles. The highest BCUT2D eigenvalue weighted by molar-refractivity contribution is 5.95. The lowest BCUT2D eigenvalue weighted by molar-refractivity contribution is 0.0951. The number of nitrogens with one attached hydrogen (secondary N) is 1. The Bertz CT molecular complexity index is 1270. The van der Waals surface area contributed by atoms with Crippen LogP contribution in [0.25, 0.3) is 11.0 Å². The number of ether oxygens (including phenoxy) is 2.